The van der Waals surface area contributed by atoms with E-state index in [0.29, 0.717) is 17.8 Å². The van der Waals surface area contributed by atoms with E-state index in [9.17, 15) is 4.79 Å². The van der Waals surface area contributed by atoms with Crippen molar-refractivity contribution < 1.29 is 19.0 Å². The molecule has 0 saturated heterocycles. The summed E-state index contributed by atoms with van der Waals surface area (Å²) in [5.74, 6) is 0.290. The molecule has 4 heteroatoms. The summed E-state index contributed by atoms with van der Waals surface area (Å²) in [5.41, 5.74) is 4.65. The van der Waals surface area contributed by atoms with E-state index in [1.807, 2.05) is 0 Å². The molecule has 1 unspecified atom stereocenters. The molecule has 0 saturated carbocycles. The van der Waals surface area contributed by atoms with E-state index in [2.05, 4.69) is 45.9 Å². The predicted octanol–water partition coefficient (Wildman–Crippen LogP) is 5.62. The van der Waals surface area contributed by atoms with Crippen molar-refractivity contribution in [3.63, 3.8) is 0 Å². The van der Waals surface area contributed by atoms with E-state index >= 15 is 0 Å². The quantitative estimate of drug-likeness (QED) is 0.272. The highest BCUT2D eigenvalue weighted by Crippen LogP contribution is 2.27. The number of cyclic esters (lactones) is 1. The maximum Gasteiger partial charge on any atom is 0.338 e. The van der Waals surface area contributed by atoms with Crippen LogP contribution in [0.3, 0.4) is 0 Å². The number of carbonyl (C=O) groups is 1. The summed E-state index contributed by atoms with van der Waals surface area (Å²) in [6.07, 6.45) is 11.3. The molecular weight excluding hydrogens is 328 g/mol. The summed E-state index contributed by atoms with van der Waals surface area (Å²) in [4.78, 5) is 11.7. The molecule has 1 rings (SSSR count). The molecule has 0 N–H and O–H groups in total. The average molecular weight is 363 g/mol. The van der Waals surface area contributed by atoms with Gasteiger partial charge in [-0.25, -0.2) is 4.79 Å². The third kappa shape index (κ3) is 8.05. The predicted molar refractivity (Wildman–Crippen MR) is 106 cm³/mol. The zero-order valence-electron chi connectivity index (χ0n) is 17.2. The Labute approximate surface area is 158 Å². The molecule has 1 aliphatic heterocycles. The maximum atomic E-state index is 11.7. The lowest BCUT2D eigenvalue weighted by Gasteiger charge is -2.13. The van der Waals surface area contributed by atoms with Gasteiger partial charge >= 0.3 is 5.97 Å². The molecule has 1 aliphatic rings. The van der Waals surface area contributed by atoms with Crippen molar-refractivity contribution in [3.05, 3.63) is 46.3 Å². The minimum absolute atomic E-state index is 0.124. The minimum Gasteiger partial charge on any atom is -0.467 e. The lowest BCUT2D eigenvalue weighted by molar-refractivity contribution is -0.140. The van der Waals surface area contributed by atoms with Crippen molar-refractivity contribution in [2.24, 2.45) is 0 Å². The van der Waals surface area contributed by atoms with E-state index in [4.69, 9.17) is 14.2 Å². The molecule has 26 heavy (non-hydrogen) atoms. The summed E-state index contributed by atoms with van der Waals surface area (Å²) in [7, 11) is 1.56. The summed E-state index contributed by atoms with van der Waals surface area (Å²) in [5, 5.41) is 0. The van der Waals surface area contributed by atoms with E-state index in [-0.39, 0.29) is 18.9 Å². The van der Waals surface area contributed by atoms with Crippen molar-refractivity contribution >= 4 is 5.97 Å². The first-order valence-electron chi connectivity index (χ1n) is 9.33. The van der Waals surface area contributed by atoms with E-state index < -0.39 is 0 Å². The SMILES string of the molecule is COCOC1=C(C)C(=O)OC1C/C=C(\C)CC/C=C(\C)CCC=C(C)C. The molecule has 146 valence electrons. The molecule has 0 amide bonds. The van der Waals surface area contributed by atoms with Crippen LogP contribution in [-0.4, -0.2) is 26.0 Å². The first-order chi connectivity index (χ1) is 12.3. The molecule has 0 bridgehead atoms. The molecule has 0 fully saturated rings. The third-order valence-electron chi connectivity index (χ3n) is 4.35. The highest BCUT2D eigenvalue weighted by molar-refractivity contribution is 5.91. The monoisotopic (exact) mass is 362 g/mol. The number of rotatable bonds is 11. The molecule has 0 radical (unpaired) electrons. The van der Waals surface area contributed by atoms with Gasteiger partial charge < -0.3 is 14.2 Å². The van der Waals surface area contributed by atoms with Crippen LogP contribution in [-0.2, 0) is 19.0 Å². The molecule has 0 spiro atoms. The van der Waals surface area contributed by atoms with Crippen LogP contribution in [0.2, 0.25) is 0 Å². The number of hydrogen-bond donors (Lipinski definition) is 0. The van der Waals surface area contributed by atoms with Gasteiger partial charge in [-0.3, -0.25) is 0 Å². The van der Waals surface area contributed by atoms with Gasteiger partial charge in [0.05, 0.1) is 5.57 Å². The fourth-order valence-corrected chi connectivity index (χ4v) is 2.74. The molecular formula is C22H34O4. The van der Waals surface area contributed by atoms with Crippen LogP contribution >= 0.6 is 0 Å². The first-order valence-corrected chi connectivity index (χ1v) is 9.33. The Bertz CT molecular complexity index is 589. The normalized spacial score (nSPS) is 18.2. The Morgan fingerprint density at radius 2 is 1.65 bits per heavy atom. The number of esters is 1. The molecule has 0 aliphatic carbocycles. The van der Waals surface area contributed by atoms with Crippen LogP contribution in [0.5, 0.6) is 0 Å². The Morgan fingerprint density at radius 3 is 2.27 bits per heavy atom. The van der Waals surface area contributed by atoms with Gasteiger partial charge in [0.15, 0.2) is 18.7 Å². The van der Waals surface area contributed by atoms with Crippen molar-refractivity contribution in [3.8, 4) is 0 Å². The fraction of sp³-hybridized carbons (Fsp3) is 0.591. The van der Waals surface area contributed by atoms with Gasteiger partial charge in [-0.15, -0.1) is 0 Å². The lowest BCUT2D eigenvalue weighted by Crippen LogP contribution is -2.13. The number of allylic oxidation sites excluding steroid dienone is 5. The van der Waals surface area contributed by atoms with Crippen LogP contribution < -0.4 is 0 Å². The summed E-state index contributed by atoms with van der Waals surface area (Å²) < 4.78 is 15.8. The second kappa shape index (κ2) is 11.7. The second-order valence-electron chi connectivity index (χ2n) is 7.13. The van der Waals surface area contributed by atoms with Crippen LogP contribution in [0.4, 0.5) is 0 Å². The van der Waals surface area contributed by atoms with E-state index in [0.717, 1.165) is 25.7 Å². The molecule has 0 aromatic heterocycles. The van der Waals surface area contributed by atoms with Crippen molar-refractivity contribution in [1.82, 2.24) is 0 Å². The number of hydrogen-bond acceptors (Lipinski definition) is 4. The lowest BCUT2D eigenvalue weighted by atomic mass is 10.0. The smallest absolute Gasteiger partial charge is 0.338 e. The maximum absolute atomic E-state index is 11.7. The Balaban J connectivity index is 2.45. The Hall–Kier alpha value is -1.81. The highest BCUT2D eigenvalue weighted by Gasteiger charge is 2.32. The molecule has 0 aromatic rings. The Morgan fingerprint density at radius 1 is 1.04 bits per heavy atom. The number of methoxy groups -OCH3 is 1. The molecule has 1 atom stereocenters. The van der Waals surface area contributed by atoms with Gasteiger partial charge in [-0.2, -0.15) is 0 Å². The van der Waals surface area contributed by atoms with Crippen molar-refractivity contribution in [2.75, 3.05) is 13.9 Å². The van der Waals surface area contributed by atoms with Crippen LogP contribution in [0.15, 0.2) is 46.3 Å². The third-order valence-corrected chi connectivity index (χ3v) is 4.35. The van der Waals surface area contributed by atoms with Crippen LogP contribution in [0.25, 0.3) is 0 Å². The van der Waals surface area contributed by atoms with Gasteiger partial charge in [0, 0.05) is 13.5 Å². The zero-order chi connectivity index (χ0) is 19.5. The largest absolute Gasteiger partial charge is 0.467 e. The summed E-state index contributed by atoms with van der Waals surface area (Å²) >= 11 is 0. The first kappa shape index (κ1) is 22.2. The summed E-state index contributed by atoms with van der Waals surface area (Å²) in [6.45, 7) is 10.4. The second-order valence-corrected chi connectivity index (χ2v) is 7.13. The van der Waals surface area contributed by atoms with E-state index in [1.165, 1.54) is 16.7 Å². The highest BCUT2D eigenvalue weighted by atomic mass is 16.7. The van der Waals surface area contributed by atoms with E-state index in [1.54, 1.807) is 14.0 Å². The van der Waals surface area contributed by atoms with Gasteiger partial charge in [-0.05, 0) is 60.3 Å². The molecule has 1 heterocycles. The topological polar surface area (TPSA) is 44.8 Å². The van der Waals surface area contributed by atoms with Crippen molar-refractivity contribution in [2.45, 2.75) is 72.8 Å². The number of carbonyl (C=O) groups excluding carboxylic acids is 1. The molecule has 0 aromatic carbocycles. The van der Waals surface area contributed by atoms with Gasteiger partial charge in [0.25, 0.3) is 0 Å². The molecule has 4 nitrogen and oxygen atoms in total. The average Bonchev–Trinajstić information content (AvgIpc) is 2.85. The van der Waals surface area contributed by atoms with Gasteiger partial charge in [-0.1, -0.05) is 34.9 Å². The number of ether oxygens (including phenoxy) is 3. The Kier molecular flexibility index (Phi) is 10.0. The minimum atomic E-state index is -0.339. The van der Waals surface area contributed by atoms with Crippen LogP contribution in [0.1, 0.15) is 66.7 Å². The zero-order valence-corrected chi connectivity index (χ0v) is 17.2. The summed E-state index contributed by atoms with van der Waals surface area (Å²) in [6, 6.07) is 0. The van der Waals surface area contributed by atoms with Gasteiger partial charge in [0.1, 0.15) is 0 Å². The van der Waals surface area contributed by atoms with Crippen molar-refractivity contribution in [1.29, 1.82) is 0 Å². The fourth-order valence-electron chi connectivity index (χ4n) is 2.74. The van der Waals surface area contributed by atoms with Gasteiger partial charge in [0.2, 0.25) is 0 Å². The van der Waals surface area contributed by atoms with Crippen LogP contribution in [0, 0.1) is 0 Å². The standard InChI is InChI=1S/C22H34O4/c1-16(2)9-7-10-17(3)11-8-12-18(4)13-14-20-21(25-15-24-6)19(5)22(23)26-20/h9,11,13,20H,7-8,10,12,14-15H2,1-6H3/b17-11+,18-13+.